The topological polar surface area (TPSA) is 75.2 Å². The van der Waals surface area contributed by atoms with E-state index in [4.69, 9.17) is 15.2 Å². The van der Waals surface area contributed by atoms with Gasteiger partial charge in [-0.05, 0) is 25.3 Å². The van der Waals surface area contributed by atoms with Gasteiger partial charge in [0.2, 0.25) is 0 Å². The molecule has 0 aliphatic carbocycles. The van der Waals surface area contributed by atoms with E-state index < -0.39 is 0 Å². The van der Waals surface area contributed by atoms with Crippen molar-refractivity contribution in [1.29, 1.82) is 0 Å². The highest BCUT2D eigenvalue weighted by atomic mass is 16.5. The Kier molecular flexibility index (Phi) is 5.94. The smallest absolute Gasteiger partial charge is 0.0874 e. The molecule has 6 nitrogen and oxygen atoms in total. The molecule has 0 spiro atoms. The Labute approximate surface area is 120 Å². The maximum atomic E-state index is 5.70. The van der Waals surface area contributed by atoms with Gasteiger partial charge in [-0.1, -0.05) is 12.1 Å². The molecular weight excluding hydrogens is 256 g/mol. The lowest BCUT2D eigenvalue weighted by Crippen LogP contribution is -2.22. The second-order valence-electron chi connectivity index (χ2n) is 5.59. The fourth-order valence-electron chi connectivity index (χ4n) is 2.86. The van der Waals surface area contributed by atoms with Crippen molar-refractivity contribution in [3.05, 3.63) is 11.4 Å². The van der Waals surface area contributed by atoms with Crippen molar-refractivity contribution in [1.82, 2.24) is 15.0 Å². The van der Waals surface area contributed by atoms with Crippen molar-refractivity contribution in [2.75, 3.05) is 33.5 Å². The van der Waals surface area contributed by atoms with Gasteiger partial charge in [-0.2, -0.15) is 0 Å². The first-order chi connectivity index (χ1) is 9.76. The maximum Gasteiger partial charge on any atom is 0.0874 e. The zero-order chi connectivity index (χ0) is 14.4. The molecule has 2 rings (SSSR count). The summed E-state index contributed by atoms with van der Waals surface area (Å²) in [4.78, 5) is 0. The zero-order valence-electron chi connectivity index (χ0n) is 12.5. The second-order valence-corrected chi connectivity index (χ2v) is 5.59. The number of rotatable bonds is 7. The minimum atomic E-state index is 0.422. The first-order valence-electron chi connectivity index (χ1n) is 7.45. The van der Waals surface area contributed by atoms with Crippen LogP contribution >= 0.6 is 0 Å². The minimum absolute atomic E-state index is 0.422. The van der Waals surface area contributed by atoms with Gasteiger partial charge in [0.1, 0.15) is 0 Å². The molecule has 1 unspecified atom stereocenters. The highest BCUT2D eigenvalue weighted by Gasteiger charge is 2.25. The summed E-state index contributed by atoms with van der Waals surface area (Å²) in [5, 5.41) is 8.69. The van der Waals surface area contributed by atoms with Gasteiger partial charge in [-0.15, -0.1) is 5.10 Å². The third kappa shape index (κ3) is 3.77. The van der Waals surface area contributed by atoms with Crippen LogP contribution in [0.1, 0.15) is 37.1 Å². The first kappa shape index (κ1) is 15.4. The maximum absolute atomic E-state index is 5.70. The van der Waals surface area contributed by atoms with Crippen LogP contribution in [-0.4, -0.2) is 48.5 Å². The van der Waals surface area contributed by atoms with Gasteiger partial charge in [0.25, 0.3) is 0 Å². The molecular formula is C14H26N4O2. The Bertz CT molecular complexity index is 402. The number of aromatic nitrogens is 3. The van der Waals surface area contributed by atoms with Gasteiger partial charge in [0.15, 0.2) is 0 Å². The third-order valence-corrected chi connectivity index (χ3v) is 3.77. The molecule has 1 atom stereocenters. The zero-order valence-corrected chi connectivity index (χ0v) is 12.5. The van der Waals surface area contributed by atoms with Crippen molar-refractivity contribution < 1.29 is 9.47 Å². The largest absolute Gasteiger partial charge is 0.384 e. The van der Waals surface area contributed by atoms with E-state index in [0.29, 0.717) is 18.4 Å². The Morgan fingerprint density at radius 1 is 1.45 bits per heavy atom. The van der Waals surface area contributed by atoms with E-state index in [1.807, 2.05) is 0 Å². The van der Waals surface area contributed by atoms with E-state index >= 15 is 0 Å². The molecule has 1 fully saturated rings. The van der Waals surface area contributed by atoms with Gasteiger partial charge in [-0.3, -0.25) is 0 Å². The summed E-state index contributed by atoms with van der Waals surface area (Å²) in [5.74, 6) is 0.918. The number of nitrogens with two attached hydrogens (primary N) is 1. The monoisotopic (exact) mass is 282 g/mol. The molecule has 20 heavy (non-hydrogen) atoms. The molecule has 0 aromatic carbocycles. The third-order valence-electron chi connectivity index (χ3n) is 3.77. The van der Waals surface area contributed by atoms with E-state index in [9.17, 15) is 0 Å². The summed E-state index contributed by atoms with van der Waals surface area (Å²) in [6, 6.07) is 0. The number of nitrogens with zero attached hydrogens (tertiary/aromatic N) is 3. The number of hydrogen-bond donors (Lipinski definition) is 1. The predicted octanol–water partition coefficient (Wildman–Crippen LogP) is 0.956. The van der Waals surface area contributed by atoms with Crippen molar-refractivity contribution in [3.8, 4) is 0 Å². The Morgan fingerprint density at radius 3 is 2.85 bits per heavy atom. The van der Waals surface area contributed by atoms with E-state index in [2.05, 4.69) is 21.9 Å². The van der Waals surface area contributed by atoms with Crippen LogP contribution in [0, 0.1) is 5.92 Å². The van der Waals surface area contributed by atoms with Crippen molar-refractivity contribution in [2.45, 2.75) is 38.6 Å². The fourth-order valence-corrected chi connectivity index (χ4v) is 2.86. The SMILES string of the molecule is COCC(C)Cn1nnc(CCN)c1C1CCOCC1. The molecule has 0 radical (unpaired) electrons. The molecule has 1 aliphatic rings. The highest BCUT2D eigenvalue weighted by molar-refractivity contribution is 5.17. The molecule has 114 valence electrons. The van der Waals surface area contributed by atoms with Crippen LogP contribution in [0.5, 0.6) is 0 Å². The average molecular weight is 282 g/mol. The van der Waals surface area contributed by atoms with E-state index in [1.165, 1.54) is 5.69 Å². The van der Waals surface area contributed by atoms with Crippen LogP contribution in [0.4, 0.5) is 0 Å². The molecule has 6 heteroatoms. The lowest BCUT2D eigenvalue weighted by Gasteiger charge is -2.24. The molecule has 0 saturated carbocycles. The average Bonchev–Trinajstić information content (AvgIpc) is 2.83. The first-order valence-corrected chi connectivity index (χ1v) is 7.45. The number of hydrogen-bond acceptors (Lipinski definition) is 5. The van der Waals surface area contributed by atoms with Crippen LogP contribution in [0.15, 0.2) is 0 Å². The standard InChI is InChI=1S/C14H26N4O2/c1-11(10-19-2)9-18-14(12-4-7-20-8-5-12)13(3-6-15)16-17-18/h11-12H,3-10,15H2,1-2H3. The quantitative estimate of drug-likeness (QED) is 0.806. The number of methoxy groups -OCH3 is 1. The lowest BCUT2D eigenvalue weighted by molar-refractivity contribution is 0.0826. The number of ether oxygens (including phenoxy) is 2. The second kappa shape index (κ2) is 7.71. The van der Waals surface area contributed by atoms with Crippen LogP contribution < -0.4 is 5.73 Å². The lowest BCUT2D eigenvalue weighted by atomic mass is 9.94. The molecule has 1 aliphatic heterocycles. The molecule has 0 bridgehead atoms. The molecule has 2 heterocycles. The van der Waals surface area contributed by atoms with Crippen molar-refractivity contribution in [3.63, 3.8) is 0 Å². The fraction of sp³-hybridized carbons (Fsp3) is 0.857. The van der Waals surface area contributed by atoms with Gasteiger partial charge in [0.05, 0.1) is 18.0 Å². The summed E-state index contributed by atoms with van der Waals surface area (Å²) < 4.78 is 12.7. The van der Waals surface area contributed by atoms with Gasteiger partial charge >= 0.3 is 0 Å². The van der Waals surface area contributed by atoms with Crippen molar-refractivity contribution in [2.24, 2.45) is 11.7 Å². The predicted molar refractivity (Wildman–Crippen MR) is 76.6 cm³/mol. The summed E-state index contributed by atoms with van der Waals surface area (Å²) in [5.41, 5.74) is 8.02. The van der Waals surface area contributed by atoms with Crippen LogP contribution in [-0.2, 0) is 22.4 Å². The summed E-state index contributed by atoms with van der Waals surface area (Å²) in [6.45, 7) is 6.01. The summed E-state index contributed by atoms with van der Waals surface area (Å²) in [7, 11) is 1.73. The van der Waals surface area contributed by atoms with Crippen molar-refractivity contribution >= 4 is 0 Å². The molecule has 1 aromatic rings. The van der Waals surface area contributed by atoms with Crippen LogP contribution in [0.3, 0.4) is 0 Å². The Morgan fingerprint density at radius 2 is 2.20 bits per heavy atom. The van der Waals surface area contributed by atoms with E-state index in [0.717, 1.165) is 51.3 Å². The minimum Gasteiger partial charge on any atom is -0.384 e. The summed E-state index contributed by atoms with van der Waals surface area (Å²) in [6.07, 6.45) is 2.89. The van der Waals surface area contributed by atoms with E-state index in [-0.39, 0.29) is 0 Å². The molecule has 2 N–H and O–H groups in total. The molecule has 1 aromatic heterocycles. The van der Waals surface area contributed by atoms with E-state index in [1.54, 1.807) is 7.11 Å². The van der Waals surface area contributed by atoms with Gasteiger partial charge < -0.3 is 15.2 Å². The van der Waals surface area contributed by atoms with Gasteiger partial charge in [-0.25, -0.2) is 4.68 Å². The Hall–Kier alpha value is -0.980. The van der Waals surface area contributed by atoms with Crippen LogP contribution in [0.25, 0.3) is 0 Å². The van der Waals surface area contributed by atoms with Crippen LogP contribution in [0.2, 0.25) is 0 Å². The Balaban J connectivity index is 2.17. The highest BCUT2D eigenvalue weighted by Crippen LogP contribution is 2.29. The molecule has 1 saturated heterocycles. The normalized spacial score (nSPS) is 18.4. The summed E-state index contributed by atoms with van der Waals surface area (Å²) >= 11 is 0. The molecule has 0 amide bonds. The van der Waals surface area contributed by atoms with Gasteiger partial charge in [0, 0.05) is 39.2 Å².